The molecule has 0 aromatic heterocycles. The zero-order valence-electron chi connectivity index (χ0n) is 2.64. The molecule has 0 amide bonds. The Kier molecular flexibility index (Phi) is 5.60. The predicted octanol–water partition coefficient (Wildman–Crippen LogP) is -0.0483. The molecule has 1 unspecified atom stereocenters. The van der Waals surface area contributed by atoms with Crippen molar-refractivity contribution in [3.8, 4) is 0 Å². The molecule has 0 fully saturated rings. The third-order valence-electron chi connectivity index (χ3n) is 0. The van der Waals surface area contributed by atoms with Crippen molar-refractivity contribution < 1.29 is 34.8 Å². The van der Waals surface area contributed by atoms with Gasteiger partial charge in [-0.2, -0.15) is 0 Å². The molecule has 3 nitrogen and oxygen atoms in total. The van der Waals surface area contributed by atoms with E-state index in [1.54, 1.807) is 0 Å². The second kappa shape index (κ2) is 3.27. The van der Waals surface area contributed by atoms with Crippen molar-refractivity contribution in [2.24, 2.45) is 0 Å². The van der Waals surface area contributed by atoms with Crippen LogP contribution in [0.15, 0.2) is 0 Å². The first kappa shape index (κ1) is 10.3. The van der Waals surface area contributed by atoms with E-state index in [-0.39, 0.29) is 20.4 Å². The van der Waals surface area contributed by atoms with Crippen LogP contribution >= 0.6 is 16.2 Å². The largest absolute Gasteiger partial charge is 0.338 e. The zero-order chi connectivity index (χ0) is 4.50. The Morgan fingerprint density at radius 1 is 1.50 bits per heavy atom. The van der Waals surface area contributed by atoms with Gasteiger partial charge >= 0.3 is 7.28 Å². The van der Waals surface area contributed by atoms with Gasteiger partial charge in [-0.25, -0.2) is 0 Å². The van der Waals surface area contributed by atoms with Crippen LogP contribution in [0.1, 0.15) is 0 Å². The van der Waals surface area contributed by atoms with E-state index in [1.807, 2.05) is 0 Å². The smallest absolute Gasteiger partial charge is 0.322 e. The summed E-state index contributed by atoms with van der Waals surface area (Å²) in [4.78, 5) is 15.2. The van der Waals surface area contributed by atoms with Gasteiger partial charge in [0.2, 0.25) is 0 Å². The molecule has 0 saturated carbocycles. The van der Waals surface area contributed by atoms with Crippen molar-refractivity contribution in [1.29, 1.82) is 0 Å². The van der Waals surface area contributed by atoms with E-state index in [0.717, 1.165) is 0 Å². The van der Waals surface area contributed by atoms with Gasteiger partial charge in [-0.3, -0.25) is 4.57 Å². The molecule has 0 aliphatic carbocycles. The molecule has 0 aliphatic rings. The van der Waals surface area contributed by atoms with Gasteiger partial charge in [-0.1, -0.05) is 0 Å². The van der Waals surface area contributed by atoms with Gasteiger partial charge in [0.25, 0.3) is 0 Å². The molecule has 42 valence electrons. The fourth-order valence-corrected chi connectivity index (χ4v) is 0. The molecule has 0 aromatic rings. The standard InChI is InChI=1S/H4O3P2.Pd/c1-5(2,3)4;/h4H2,(H2,1,2,3);. The van der Waals surface area contributed by atoms with Gasteiger partial charge in [0, 0.05) is 20.4 Å². The van der Waals surface area contributed by atoms with Crippen LogP contribution in [0.2, 0.25) is 0 Å². The van der Waals surface area contributed by atoms with Crippen molar-refractivity contribution in [1.82, 2.24) is 0 Å². The van der Waals surface area contributed by atoms with Crippen LogP contribution in [0.25, 0.3) is 0 Å². The maximum Gasteiger partial charge on any atom is 0.338 e. The Balaban J connectivity index is 0. The summed E-state index contributed by atoms with van der Waals surface area (Å²) in [6.07, 6.45) is 0. The summed E-state index contributed by atoms with van der Waals surface area (Å²) in [6, 6.07) is 0. The minimum atomic E-state index is -3.72. The van der Waals surface area contributed by atoms with E-state index in [1.165, 1.54) is 8.93 Å². The Bertz CT molecular complexity index is 54.9. The number of hydrogen-bond acceptors (Lipinski definition) is 1. The Morgan fingerprint density at radius 3 is 1.50 bits per heavy atom. The van der Waals surface area contributed by atoms with Crippen molar-refractivity contribution in [3.63, 3.8) is 0 Å². The van der Waals surface area contributed by atoms with Crippen LogP contribution in [0, 0.1) is 0 Å². The van der Waals surface area contributed by atoms with E-state index in [9.17, 15) is 4.57 Å². The number of rotatable bonds is 0. The normalized spacial score (nSPS) is 9.83. The van der Waals surface area contributed by atoms with E-state index >= 15 is 0 Å². The van der Waals surface area contributed by atoms with Gasteiger partial charge in [0.05, 0.1) is 0 Å². The van der Waals surface area contributed by atoms with Crippen molar-refractivity contribution in [2.45, 2.75) is 0 Å². The molecule has 6 heteroatoms. The summed E-state index contributed by atoms with van der Waals surface area (Å²) >= 11 is 0. The van der Waals surface area contributed by atoms with E-state index < -0.39 is 7.28 Å². The summed E-state index contributed by atoms with van der Waals surface area (Å²) in [6.45, 7) is 0. The monoisotopic (exact) mass is 220 g/mol. The van der Waals surface area contributed by atoms with Crippen molar-refractivity contribution >= 4 is 16.2 Å². The fourth-order valence-electron chi connectivity index (χ4n) is 0. The Labute approximate surface area is 51.4 Å². The Morgan fingerprint density at radius 2 is 1.50 bits per heavy atom. The second-order valence-corrected chi connectivity index (χ2v) is 3.79. The molecule has 1 atom stereocenters. The van der Waals surface area contributed by atoms with Crippen LogP contribution in [0.5, 0.6) is 0 Å². The van der Waals surface area contributed by atoms with Crippen molar-refractivity contribution in [3.05, 3.63) is 0 Å². The molecule has 0 bridgehead atoms. The molecule has 2 N–H and O–H groups in total. The predicted molar refractivity (Wildman–Crippen MR) is 21.8 cm³/mol. The summed E-state index contributed by atoms with van der Waals surface area (Å²) in [5.74, 6) is 0. The minimum absolute atomic E-state index is 0. The molecular weight excluding hydrogens is 216 g/mol. The average Bonchev–Trinajstić information content (AvgIpc) is 0.722. The van der Waals surface area contributed by atoms with E-state index in [4.69, 9.17) is 9.79 Å². The SMILES string of the molecule is O=P(O)(O)P.[Pd]. The molecule has 6 heavy (non-hydrogen) atoms. The van der Waals surface area contributed by atoms with Gasteiger partial charge in [0.1, 0.15) is 0 Å². The minimum Gasteiger partial charge on any atom is -0.322 e. The Hall–Kier alpha value is 1.24. The average molecular weight is 220 g/mol. The van der Waals surface area contributed by atoms with Gasteiger partial charge in [0.15, 0.2) is 0 Å². The van der Waals surface area contributed by atoms with Crippen LogP contribution in [-0.2, 0) is 25.0 Å². The van der Waals surface area contributed by atoms with Crippen molar-refractivity contribution in [2.75, 3.05) is 0 Å². The number of hydrogen-bond donors (Lipinski definition) is 2. The maximum absolute atomic E-state index is 9.29. The van der Waals surface area contributed by atoms with E-state index in [0.29, 0.717) is 0 Å². The van der Waals surface area contributed by atoms with E-state index in [2.05, 4.69) is 0 Å². The van der Waals surface area contributed by atoms with Crippen LogP contribution in [0.3, 0.4) is 0 Å². The zero-order valence-corrected chi connectivity index (χ0v) is 6.25. The van der Waals surface area contributed by atoms with Crippen LogP contribution < -0.4 is 0 Å². The first-order valence-corrected chi connectivity index (χ1v) is 4.07. The molecule has 0 rings (SSSR count). The molecule has 0 aromatic carbocycles. The molecule has 0 spiro atoms. The van der Waals surface area contributed by atoms with Crippen LogP contribution in [0.4, 0.5) is 0 Å². The van der Waals surface area contributed by atoms with Crippen LogP contribution in [-0.4, -0.2) is 9.79 Å². The first-order chi connectivity index (χ1) is 2.00. The maximum atomic E-state index is 9.29. The van der Waals surface area contributed by atoms with Gasteiger partial charge in [-0.05, 0) is 8.93 Å². The molecule has 0 heterocycles. The molecule has 0 radical (unpaired) electrons. The summed E-state index contributed by atoms with van der Waals surface area (Å²) in [7, 11) is -2.34. The molecular formula is H4O3P2Pd. The summed E-state index contributed by atoms with van der Waals surface area (Å²) in [5.41, 5.74) is 0. The fraction of sp³-hybridized carbons (Fsp3) is 0. The summed E-state index contributed by atoms with van der Waals surface area (Å²) < 4.78 is 9.29. The third-order valence-corrected chi connectivity index (χ3v) is 0. The first-order valence-electron chi connectivity index (χ1n) is 0.841. The molecule has 0 saturated heterocycles. The molecule has 0 aliphatic heterocycles. The summed E-state index contributed by atoms with van der Waals surface area (Å²) in [5, 5.41) is 0. The van der Waals surface area contributed by atoms with Gasteiger partial charge < -0.3 is 9.79 Å². The topological polar surface area (TPSA) is 57.5 Å². The second-order valence-electron chi connectivity index (χ2n) is 0.589. The third kappa shape index (κ3) is 61.1. The quantitative estimate of drug-likeness (QED) is 0.445. The van der Waals surface area contributed by atoms with Gasteiger partial charge in [-0.15, -0.1) is 0 Å².